The van der Waals surface area contributed by atoms with Crippen LogP contribution in [0.25, 0.3) is 0 Å². The van der Waals surface area contributed by atoms with Crippen LogP contribution in [0.4, 0.5) is 0 Å². The minimum atomic E-state index is -0.00685. The highest BCUT2D eigenvalue weighted by molar-refractivity contribution is 7.80. The molecule has 0 aliphatic heterocycles. The van der Waals surface area contributed by atoms with Gasteiger partial charge >= 0.3 is 0 Å². The van der Waals surface area contributed by atoms with Crippen molar-refractivity contribution in [2.75, 3.05) is 13.7 Å². The molecule has 0 amide bonds. The molecule has 100 valence electrons. The Morgan fingerprint density at radius 2 is 2.00 bits per heavy atom. The van der Waals surface area contributed by atoms with Crippen LogP contribution in [-0.2, 0) is 5.41 Å². The molecule has 0 fully saturated rings. The van der Waals surface area contributed by atoms with Crippen LogP contribution >= 0.6 is 12.2 Å². The van der Waals surface area contributed by atoms with Gasteiger partial charge in [-0.15, -0.1) is 0 Å². The predicted molar refractivity (Wildman–Crippen MR) is 78.6 cm³/mol. The molecule has 0 spiro atoms. The second kappa shape index (κ2) is 6.05. The zero-order valence-corrected chi connectivity index (χ0v) is 12.3. The lowest BCUT2D eigenvalue weighted by molar-refractivity contribution is 0.318. The molecule has 1 aromatic rings. The van der Waals surface area contributed by atoms with Crippen LogP contribution in [0.1, 0.15) is 32.8 Å². The van der Waals surface area contributed by atoms with Gasteiger partial charge in [-0.2, -0.15) is 0 Å². The first-order valence-corrected chi connectivity index (χ1v) is 6.35. The summed E-state index contributed by atoms with van der Waals surface area (Å²) in [7, 11) is 1.66. The molecule has 4 heteroatoms. The molecular weight excluding hydrogens is 246 g/mol. The van der Waals surface area contributed by atoms with Gasteiger partial charge in [0, 0.05) is 12.0 Å². The largest absolute Gasteiger partial charge is 0.497 e. The van der Waals surface area contributed by atoms with Gasteiger partial charge in [-0.3, -0.25) is 0 Å². The molecule has 0 aliphatic carbocycles. The van der Waals surface area contributed by atoms with E-state index in [1.807, 2.05) is 18.2 Å². The van der Waals surface area contributed by atoms with E-state index in [-0.39, 0.29) is 5.41 Å². The highest BCUT2D eigenvalue weighted by Gasteiger charge is 2.19. The van der Waals surface area contributed by atoms with Crippen molar-refractivity contribution in [1.29, 1.82) is 0 Å². The first-order valence-electron chi connectivity index (χ1n) is 5.94. The molecule has 0 atom stereocenters. The van der Waals surface area contributed by atoms with E-state index in [1.54, 1.807) is 7.11 Å². The van der Waals surface area contributed by atoms with E-state index in [0.717, 1.165) is 17.1 Å². The van der Waals surface area contributed by atoms with E-state index in [4.69, 9.17) is 27.4 Å². The van der Waals surface area contributed by atoms with Crippen LogP contribution in [0, 0.1) is 0 Å². The molecule has 0 saturated carbocycles. The summed E-state index contributed by atoms with van der Waals surface area (Å²) in [6.07, 6.45) is 0.588. The molecule has 2 N–H and O–H groups in total. The summed E-state index contributed by atoms with van der Waals surface area (Å²) in [5.41, 5.74) is 6.57. The molecule has 0 aromatic heterocycles. The van der Waals surface area contributed by atoms with Crippen molar-refractivity contribution < 1.29 is 9.47 Å². The Balaban J connectivity index is 2.92. The Bertz CT molecular complexity index is 424. The van der Waals surface area contributed by atoms with E-state index < -0.39 is 0 Å². The van der Waals surface area contributed by atoms with Gasteiger partial charge in [0.05, 0.1) is 18.7 Å². The predicted octanol–water partition coefficient (Wildman–Crippen LogP) is 3.05. The molecular formula is C14H21NO2S. The lowest BCUT2D eigenvalue weighted by atomic mass is 9.86. The van der Waals surface area contributed by atoms with Gasteiger partial charge in [0.2, 0.25) is 0 Å². The third kappa shape index (κ3) is 4.18. The third-order valence-corrected chi connectivity index (χ3v) is 2.80. The van der Waals surface area contributed by atoms with Gasteiger partial charge in [0.1, 0.15) is 11.5 Å². The minimum Gasteiger partial charge on any atom is -0.497 e. The summed E-state index contributed by atoms with van der Waals surface area (Å²) in [4.78, 5) is 0.473. The normalized spacial score (nSPS) is 11.1. The van der Waals surface area contributed by atoms with E-state index >= 15 is 0 Å². The molecule has 0 unspecified atom stereocenters. The maximum absolute atomic E-state index is 5.75. The molecule has 0 heterocycles. The highest BCUT2D eigenvalue weighted by atomic mass is 32.1. The van der Waals surface area contributed by atoms with E-state index in [2.05, 4.69) is 20.8 Å². The molecule has 1 rings (SSSR count). The lowest BCUT2D eigenvalue weighted by Gasteiger charge is -2.23. The topological polar surface area (TPSA) is 44.5 Å². The average Bonchev–Trinajstić information content (AvgIpc) is 2.27. The fraction of sp³-hybridized carbons (Fsp3) is 0.500. The van der Waals surface area contributed by atoms with Gasteiger partial charge in [-0.25, -0.2) is 0 Å². The summed E-state index contributed by atoms with van der Waals surface area (Å²) >= 11 is 4.83. The zero-order chi connectivity index (χ0) is 13.8. The Morgan fingerprint density at radius 3 is 2.50 bits per heavy atom. The molecule has 0 saturated heterocycles. The number of methoxy groups -OCH3 is 1. The number of hydrogen-bond acceptors (Lipinski definition) is 3. The van der Waals surface area contributed by atoms with Crippen LogP contribution in [0.3, 0.4) is 0 Å². The molecule has 18 heavy (non-hydrogen) atoms. The van der Waals surface area contributed by atoms with Gasteiger partial charge in [0.15, 0.2) is 0 Å². The fourth-order valence-corrected chi connectivity index (χ4v) is 1.69. The van der Waals surface area contributed by atoms with Crippen LogP contribution in [0.2, 0.25) is 0 Å². The summed E-state index contributed by atoms with van der Waals surface area (Å²) in [6, 6.07) is 5.83. The molecule has 0 bridgehead atoms. The third-order valence-electron chi connectivity index (χ3n) is 2.60. The van der Waals surface area contributed by atoms with Crippen molar-refractivity contribution in [2.24, 2.45) is 5.73 Å². The van der Waals surface area contributed by atoms with Crippen molar-refractivity contribution >= 4 is 17.2 Å². The first-order chi connectivity index (χ1) is 8.34. The number of nitrogens with two attached hydrogens (primary N) is 1. The van der Waals surface area contributed by atoms with Gasteiger partial charge < -0.3 is 15.2 Å². The number of hydrogen-bond donors (Lipinski definition) is 1. The quantitative estimate of drug-likeness (QED) is 0.833. The molecule has 0 radical (unpaired) electrons. The van der Waals surface area contributed by atoms with Crippen molar-refractivity contribution in [3.05, 3.63) is 23.8 Å². The number of benzene rings is 1. The Morgan fingerprint density at radius 1 is 1.33 bits per heavy atom. The van der Waals surface area contributed by atoms with Crippen LogP contribution in [-0.4, -0.2) is 18.7 Å². The van der Waals surface area contributed by atoms with Crippen molar-refractivity contribution in [2.45, 2.75) is 32.6 Å². The lowest BCUT2D eigenvalue weighted by Crippen LogP contribution is -2.16. The summed E-state index contributed by atoms with van der Waals surface area (Å²) in [5.74, 6) is 1.70. The molecule has 3 nitrogen and oxygen atoms in total. The first kappa shape index (κ1) is 14.8. The fourth-order valence-electron chi connectivity index (χ4n) is 1.61. The van der Waals surface area contributed by atoms with Gasteiger partial charge in [-0.1, -0.05) is 33.0 Å². The number of thiocarbonyl (C=S) groups is 1. The SMILES string of the molecule is COc1ccc(OCCC(N)=S)c(C(C)(C)C)c1. The number of rotatable bonds is 5. The Hall–Kier alpha value is -1.29. The Kier molecular flexibility index (Phi) is 4.96. The average molecular weight is 267 g/mol. The standard InChI is InChI=1S/C14H21NO2S/c1-14(2,3)11-9-10(16-4)5-6-12(11)17-8-7-13(15)18/h5-6,9H,7-8H2,1-4H3,(H2,15,18). The van der Waals surface area contributed by atoms with Crippen LogP contribution in [0.5, 0.6) is 11.5 Å². The summed E-state index contributed by atoms with van der Waals surface area (Å²) < 4.78 is 11.0. The monoisotopic (exact) mass is 267 g/mol. The zero-order valence-electron chi connectivity index (χ0n) is 11.4. The van der Waals surface area contributed by atoms with E-state index in [1.165, 1.54) is 0 Å². The Labute approximate surface area is 114 Å². The molecule has 0 aliphatic rings. The summed E-state index contributed by atoms with van der Waals surface area (Å²) in [5, 5.41) is 0. The minimum absolute atomic E-state index is 0.00685. The van der Waals surface area contributed by atoms with Gasteiger partial charge in [-0.05, 0) is 23.6 Å². The van der Waals surface area contributed by atoms with Crippen molar-refractivity contribution in [3.63, 3.8) is 0 Å². The van der Waals surface area contributed by atoms with E-state index in [0.29, 0.717) is 18.0 Å². The smallest absolute Gasteiger partial charge is 0.123 e. The van der Waals surface area contributed by atoms with E-state index in [9.17, 15) is 0 Å². The van der Waals surface area contributed by atoms with Gasteiger partial charge in [0.25, 0.3) is 0 Å². The maximum Gasteiger partial charge on any atom is 0.123 e. The van der Waals surface area contributed by atoms with Crippen LogP contribution in [0.15, 0.2) is 18.2 Å². The second-order valence-corrected chi connectivity index (χ2v) is 5.70. The maximum atomic E-state index is 5.75. The van der Waals surface area contributed by atoms with Crippen LogP contribution < -0.4 is 15.2 Å². The second-order valence-electron chi connectivity index (χ2n) is 5.18. The van der Waals surface area contributed by atoms with Crippen molar-refractivity contribution in [1.82, 2.24) is 0 Å². The van der Waals surface area contributed by atoms with Crippen molar-refractivity contribution in [3.8, 4) is 11.5 Å². The highest BCUT2D eigenvalue weighted by Crippen LogP contribution is 2.34. The number of ether oxygens (including phenoxy) is 2. The summed E-state index contributed by atoms with van der Waals surface area (Å²) in [6.45, 7) is 6.93. The molecule has 1 aromatic carbocycles.